The van der Waals surface area contributed by atoms with Gasteiger partial charge in [-0.25, -0.2) is 0 Å². The zero-order valence-corrected chi connectivity index (χ0v) is 36.5. The molecule has 2 bridgehead atoms. The molecule has 3 aliphatic carbocycles. The van der Waals surface area contributed by atoms with Crippen LogP contribution in [-0.2, 0) is 17.3 Å². The topological polar surface area (TPSA) is 3.24 Å². The fourth-order valence-electron chi connectivity index (χ4n) is 9.88. The van der Waals surface area contributed by atoms with Gasteiger partial charge in [0.2, 0.25) is 0 Å². The molecule has 0 saturated heterocycles. The molecule has 1 heteroatoms. The number of hydrogen-bond donors (Lipinski definition) is 0. The molecular formula is C55H73N. The Hall–Kier alpha value is -4.10. The Morgan fingerprint density at radius 2 is 1.34 bits per heavy atom. The highest BCUT2D eigenvalue weighted by molar-refractivity contribution is 5.81. The molecule has 298 valence electrons. The first-order valence-electron chi connectivity index (χ1n) is 22.7. The number of hydrogen-bond acceptors (Lipinski definition) is 1. The Morgan fingerprint density at radius 3 is 2.05 bits per heavy atom. The molecule has 0 aromatic heterocycles. The van der Waals surface area contributed by atoms with Gasteiger partial charge >= 0.3 is 0 Å². The molecule has 6 rings (SSSR count). The number of allylic oxidation sites excluding steroid dienone is 10. The van der Waals surface area contributed by atoms with Crippen LogP contribution in [0.25, 0.3) is 11.1 Å². The first-order valence-corrected chi connectivity index (χ1v) is 22.7. The maximum atomic E-state index is 2.63. The third-order valence-corrected chi connectivity index (χ3v) is 12.8. The lowest BCUT2D eigenvalue weighted by atomic mass is 9.61. The van der Waals surface area contributed by atoms with Crippen molar-refractivity contribution in [3.8, 4) is 0 Å². The monoisotopic (exact) mass is 748 g/mol. The molecule has 56 heavy (non-hydrogen) atoms. The number of unbranched alkanes of at least 4 members (excludes halogenated alkanes) is 4. The molecule has 0 amide bonds. The molecule has 0 aliphatic heterocycles. The highest BCUT2D eigenvalue weighted by Crippen LogP contribution is 2.53. The highest BCUT2D eigenvalue weighted by atomic mass is 15.2. The largest absolute Gasteiger partial charge is 0.311 e. The summed E-state index contributed by atoms with van der Waals surface area (Å²) in [5.41, 5.74) is 15.6. The van der Waals surface area contributed by atoms with Crippen molar-refractivity contribution in [3.05, 3.63) is 160 Å². The minimum absolute atomic E-state index is 0.0516. The molecular weight excluding hydrogens is 675 g/mol. The first kappa shape index (κ1) is 43.0. The van der Waals surface area contributed by atoms with E-state index in [0.29, 0.717) is 0 Å². The molecule has 2 unspecified atom stereocenters. The summed E-state index contributed by atoms with van der Waals surface area (Å²) in [4.78, 5) is 2.61. The zero-order valence-electron chi connectivity index (χ0n) is 36.5. The normalized spacial score (nSPS) is 22.2. The summed E-state index contributed by atoms with van der Waals surface area (Å²) in [7, 11) is 0. The van der Waals surface area contributed by atoms with Crippen molar-refractivity contribution in [2.45, 2.75) is 163 Å². The van der Waals surface area contributed by atoms with E-state index in [1.54, 1.807) is 11.1 Å². The second-order valence-electron chi connectivity index (χ2n) is 16.3. The van der Waals surface area contributed by atoms with E-state index >= 15 is 0 Å². The molecule has 0 fully saturated rings. The summed E-state index contributed by atoms with van der Waals surface area (Å²) in [6, 6.07) is 28.1. The lowest BCUT2D eigenvalue weighted by molar-refractivity contribution is 0.340. The van der Waals surface area contributed by atoms with Crippen LogP contribution in [0, 0.1) is 0 Å². The van der Waals surface area contributed by atoms with Gasteiger partial charge in [-0.1, -0.05) is 190 Å². The maximum absolute atomic E-state index is 2.63. The Balaban J connectivity index is 0.00000295. The van der Waals surface area contributed by atoms with E-state index in [4.69, 9.17) is 0 Å². The average Bonchev–Trinajstić information content (AvgIpc) is 3.41. The van der Waals surface area contributed by atoms with E-state index in [9.17, 15) is 0 Å². The van der Waals surface area contributed by atoms with Crippen LogP contribution in [0.15, 0.2) is 132 Å². The summed E-state index contributed by atoms with van der Waals surface area (Å²) >= 11 is 0. The summed E-state index contributed by atoms with van der Waals surface area (Å²) in [6.07, 6.45) is 35.1. The molecule has 3 aromatic carbocycles. The molecule has 0 saturated carbocycles. The minimum Gasteiger partial charge on any atom is -0.311 e. The Bertz CT molecular complexity index is 1930. The quantitative estimate of drug-likeness (QED) is 0.132. The number of aryl methyl sites for hydroxylation is 1. The first-order chi connectivity index (χ1) is 27.5. The van der Waals surface area contributed by atoms with Gasteiger partial charge in [-0.05, 0) is 127 Å². The van der Waals surface area contributed by atoms with Gasteiger partial charge in [0, 0.05) is 22.5 Å². The van der Waals surface area contributed by atoms with E-state index in [2.05, 4.69) is 162 Å². The lowest BCUT2D eigenvalue weighted by Gasteiger charge is -2.43. The van der Waals surface area contributed by atoms with Crippen LogP contribution in [0.5, 0.6) is 0 Å². The van der Waals surface area contributed by atoms with Crippen molar-refractivity contribution in [1.82, 2.24) is 0 Å². The molecule has 0 N–H and O–H groups in total. The van der Waals surface area contributed by atoms with Crippen LogP contribution >= 0.6 is 0 Å². The summed E-state index contributed by atoms with van der Waals surface area (Å²) in [5, 5.41) is 0. The molecule has 0 spiro atoms. The van der Waals surface area contributed by atoms with Gasteiger partial charge in [0.15, 0.2) is 0 Å². The second kappa shape index (κ2) is 20.9. The van der Waals surface area contributed by atoms with E-state index in [-0.39, 0.29) is 10.8 Å². The number of anilines is 1. The van der Waals surface area contributed by atoms with Gasteiger partial charge in [-0.15, -0.1) is 0 Å². The number of rotatable bonds is 16. The van der Waals surface area contributed by atoms with Crippen LogP contribution in [0.2, 0.25) is 0 Å². The Kier molecular flexibility index (Phi) is 16.0. The van der Waals surface area contributed by atoms with Gasteiger partial charge in [0.05, 0.1) is 0 Å². The Labute approximate surface area is 343 Å². The van der Waals surface area contributed by atoms with E-state index in [0.717, 1.165) is 19.3 Å². The van der Waals surface area contributed by atoms with Crippen LogP contribution in [-0.4, -0.2) is 0 Å². The second-order valence-corrected chi connectivity index (χ2v) is 16.3. The zero-order chi connectivity index (χ0) is 40.0. The fourth-order valence-corrected chi connectivity index (χ4v) is 9.88. The van der Waals surface area contributed by atoms with Crippen LogP contribution in [0.4, 0.5) is 5.69 Å². The average molecular weight is 748 g/mol. The van der Waals surface area contributed by atoms with Gasteiger partial charge in [-0.2, -0.15) is 0 Å². The van der Waals surface area contributed by atoms with Crippen molar-refractivity contribution in [1.29, 1.82) is 0 Å². The predicted molar refractivity (Wildman–Crippen MR) is 248 cm³/mol. The lowest BCUT2D eigenvalue weighted by Crippen LogP contribution is -2.33. The van der Waals surface area contributed by atoms with Crippen LogP contribution < -0.4 is 4.90 Å². The smallest absolute Gasteiger partial charge is 0.0464 e. The van der Waals surface area contributed by atoms with Crippen molar-refractivity contribution in [3.63, 3.8) is 0 Å². The number of benzene rings is 3. The highest BCUT2D eigenvalue weighted by Gasteiger charge is 2.41. The molecule has 3 aliphatic rings. The molecule has 3 aromatic rings. The molecule has 1 nitrogen and oxygen atoms in total. The third kappa shape index (κ3) is 9.20. The standard InChI is InChI=1S/C53H67N.C2H6/c1-7-13-20-35-52(34-14-8-2)37-32-45(30-28-42(12-6)48-24-16-18-26-50(48)52)54(46-23-21-22-41(11-5)38-46)47-31-29-43-39-44(40-47)53(33-10-4,36-15-9-3)51-27-19-17-25-49(43)51;1-2/h12,16-19,21-32,38,40H,7-11,13-15,20,33-37,39H2,1-6H3;1-2H3/b30-28-,42-12+,45-32+;. The van der Waals surface area contributed by atoms with E-state index in [1.807, 2.05) is 13.8 Å². The van der Waals surface area contributed by atoms with E-state index < -0.39 is 0 Å². The van der Waals surface area contributed by atoms with Crippen LogP contribution in [0.1, 0.15) is 173 Å². The third-order valence-electron chi connectivity index (χ3n) is 12.8. The van der Waals surface area contributed by atoms with Gasteiger partial charge in [0.1, 0.15) is 0 Å². The van der Waals surface area contributed by atoms with Gasteiger partial charge in [-0.3, -0.25) is 0 Å². The minimum atomic E-state index is 0.0516. The molecule has 0 radical (unpaired) electrons. The van der Waals surface area contributed by atoms with Crippen molar-refractivity contribution >= 4 is 16.8 Å². The van der Waals surface area contributed by atoms with Crippen molar-refractivity contribution < 1.29 is 0 Å². The van der Waals surface area contributed by atoms with Crippen molar-refractivity contribution in [2.75, 3.05) is 4.90 Å². The SMILES string of the molecule is CC.C\C=C1/C=C\C(N(C2=CC=C3CC(=C2)C(CCC)(CCCC)c2ccccc23)c2cccc(CC)c2)=C/CC(CCCC)(CCCCC)c2ccccc21. The van der Waals surface area contributed by atoms with Gasteiger partial charge in [0.25, 0.3) is 0 Å². The summed E-state index contributed by atoms with van der Waals surface area (Å²) in [6.45, 7) is 17.9. The summed E-state index contributed by atoms with van der Waals surface area (Å²) in [5.74, 6) is 0. The van der Waals surface area contributed by atoms with Crippen LogP contribution in [0.3, 0.4) is 0 Å². The predicted octanol–water partition coefficient (Wildman–Crippen LogP) is 16.6. The summed E-state index contributed by atoms with van der Waals surface area (Å²) < 4.78 is 0. The van der Waals surface area contributed by atoms with Gasteiger partial charge < -0.3 is 4.90 Å². The molecule has 0 heterocycles. The maximum Gasteiger partial charge on any atom is 0.0464 e. The number of fused-ring (bicyclic) bond motifs is 5. The number of nitrogens with zero attached hydrogens (tertiary/aromatic N) is 1. The van der Waals surface area contributed by atoms with E-state index in [1.165, 1.54) is 128 Å². The Morgan fingerprint density at radius 1 is 0.643 bits per heavy atom. The fraction of sp³-hybridized carbons (Fsp3) is 0.455. The molecule has 2 atom stereocenters. The van der Waals surface area contributed by atoms with Crippen molar-refractivity contribution in [2.24, 2.45) is 0 Å².